The zero-order valence-corrected chi connectivity index (χ0v) is 21.7. The summed E-state index contributed by atoms with van der Waals surface area (Å²) < 4.78 is 26.6. The standard InChI is InChI=1S/C16H14FNO2.C14H18N2.CH4/c1-11(2)19-13-5-7-14(8-6-13)20-16-9-4-12(18-3)10-15(16)17;1-10-5-7-13(8-6-10)9-14-11(2)12(3)15-16(14)4;/h4-11H,1-2H3;5-8H,9H2,1-4H3;1H4. The van der Waals surface area contributed by atoms with Gasteiger partial charge in [-0.1, -0.05) is 43.3 Å². The lowest BCUT2D eigenvalue weighted by molar-refractivity contribution is 0.242. The molecule has 1 heterocycles. The molecule has 0 aliphatic carbocycles. The maximum Gasteiger partial charge on any atom is 0.190 e. The molecule has 0 radical (unpaired) electrons. The molecule has 0 spiro atoms. The highest BCUT2D eigenvalue weighted by molar-refractivity contribution is 5.49. The Balaban J connectivity index is 0.000000259. The summed E-state index contributed by atoms with van der Waals surface area (Å²) in [6.07, 6.45) is 1.06. The Labute approximate surface area is 220 Å². The van der Waals surface area contributed by atoms with Crippen molar-refractivity contribution in [3.63, 3.8) is 0 Å². The molecule has 0 unspecified atom stereocenters. The largest absolute Gasteiger partial charge is 0.491 e. The number of benzene rings is 3. The minimum absolute atomic E-state index is 0. The van der Waals surface area contributed by atoms with Crippen LogP contribution in [0, 0.1) is 33.2 Å². The minimum atomic E-state index is -0.555. The lowest BCUT2D eigenvalue weighted by atomic mass is 10.0. The Morgan fingerprint density at radius 1 is 0.946 bits per heavy atom. The molecule has 4 rings (SSSR count). The van der Waals surface area contributed by atoms with Gasteiger partial charge in [-0.2, -0.15) is 5.10 Å². The van der Waals surface area contributed by atoms with E-state index in [9.17, 15) is 4.39 Å². The number of halogens is 1. The van der Waals surface area contributed by atoms with E-state index in [0.717, 1.165) is 23.9 Å². The molecule has 0 aliphatic heterocycles. The number of aryl methyl sites for hydroxylation is 3. The van der Waals surface area contributed by atoms with Crippen LogP contribution in [-0.4, -0.2) is 15.9 Å². The van der Waals surface area contributed by atoms with E-state index < -0.39 is 5.82 Å². The molecule has 0 fully saturated rings. The highest BCUT2D eigenvalue weighted by atomic mass is 19.1. The van der Waals surface area contributed by atoms with Crippen LogP contribution in [0.4, 0.5) is 10.1 Å². The molecule has 4 aromatic rings. The zero-order valence-electron chi connectivity index (χ0n) is 21.7. The highest BCUT2D eigenvalue weighted by Crippen LogP contribution is 2.29. The van der Waals surface area contributed by atoms with Crippen LogP contribution >= 0.6 is 0 Å². The molecule has 0 bridgehead atoms. The van der Waals surface area contributed by atoms with Crippen molar-refractivity contribution in [2.45, 2.75) is 54.6 Å². The first-order chi connectivity index (χ1) is 17.2. The normalized spacial score (nSPS) is 10.1. The molecule has 0 atom stereocenters. The van der Waals surface area contributed by atoms with Crippen LogP contribution in [0.2, 0.25) is 0 Å². The van der Waals surface area contributed by atoms with E-state index in [1.807, 2.05) is 25.6 Å². The molecule has 0 saturated carbocycles. The van der Waals surface area contributed by atoms with Crippen molar-refractivity contribution in [2.75, 3.05) is 0 Å². The first kappa shape index (κ1) is 29.1. The molecule has 0 N–H and O–H groups in total. The van der Waals surface area contributed by atoms with Gasteiger partial charge >= 0.3 is 0 Å². The smallest absolute Gasteiger partial charge is 0.190 e. The minimum Gasteiger partial charge on any atom is -0.491 e. The Hall–Kier alpha value is -4.11. The second kappa shape index (κ2) is 13.3. The fourth-order valence-corrected chi connectivity index (χ4v) is 3.59. The van der Waals surface area contributed by atoms with Crippen molar-refractivity contribution in [1.29, 1.82) is 0 Å². The molecule has 3 aromatic carbocycles. The van der Waals surface area contributed by atoms with Crippen LogP contribution in [0.25, 0.3) is 4.85 Å². The van der Waals surface area contributed by atoms with Crippen LogP contribution in [-0.2, 0) is 13.5 Å². The lowest BCUT2D eigenvalue weighted by Gasteiger charge is -2.11. The summed E-state index contributed by atoms with van der Waals surface area (Å²) in [5, 5.41) is 4.44. The van der Waals surface area contributed by atoms with Crippen LogP contribution in [0.5, 0.6) is 17.2 Å². The van der Waals surface area contributed by atoms with Crippen molar-refractivity contribution < 1.29 is 13.9 Å². The Morgan fingerprint density at radius 2 is 1.57 bits per heavy atom. The van der Waals surface area contributed by atoms with Crippen molar-refractivity contribution in [3.8, 4) is 17.2 Å². The van der Waals surface area contributed by atoms with Gasteiger partial charge in [0.1, 0.15) is 11.5 Å². The Morgan fingerprint density at radius 3 is 2.08 bits per heavy atom. The van der Waals surface area contributed by atoms with Gasteiger partial charge in [0, 0.05) is 19.2 Å². The second-order valence-corrected chi connectivity index (χ2v) is 8.91. The van der Waals surface area contributed by atoms with E-state index in [2.05, 4.69) is 55.0 Å². The summed E-state index contributed by atoms with van der Waals surface area (Å²) in [5.41, 5.74) is 6.64. The summed E-state index contributed by atoms with van der Waals surface area (Å²) in [6.45, 7) is 17.0. The van der Waals surface area contributed by atoms with Crippen molar-refractivity contribution in [3.05, 3.63) is 112 Å². The van der Waals surface area contributed by atoms with E-state index in [-0.39, 0.29) is 25.0 Å². The van der Waals surface area contributed by atoms with Crippen molar-refractivity contribution in [1.82, 2.24) is 9.78 Å². The van der Waals surface area contributed by atoms with E-state index in [1.54, 1.807) is 24.3 Å². The van der Waals surface area contributed by atoms with Gasteiger partial charge in [-0.05, 0) is 82.1 Å². The van der Waals surface area contributed by atoms with Gasteiger partial charge in [0.15, 0.2) is 17.3 Å². The topological polar surface area (TPSA) is 40.6 Å². The molecule has 194 valence electrons. The number of ether oxygens (including phenoxy) is 2. The molecule has 0 saturated heterocycles. The number of hydrogen-bond acceptors (Lipinski definition) is 3. The van der Waals surface area contributed by atoms with E-state index >= 15 is 0 Å². The number of hydrogen-bond donors (Lipinski definition) is 0. The van der Waals surface area contributed by atoms with Gasteiger partial charge in [-0.15, -0.1) is 0 Å². The molecular formula is C31H36FN3O2. The molecule has 1 aromatic heterocycles. The molecule has 5 nitrogen and oxygen atoms in total. The summed E-state index contributed by atoms with van der Waals surface area (Å²) in [4.78, 5) is 3.16. The molecular weight excluding hydrogens is 465 g/mol. The van der Waals surface area contributed by atoms with Gasteiger partial charge in [0.25, 0.3) is 0 Å². The van der Waals surface area contributed by atoms with Gasteiger partial charge in [-0.3, -0.25) is 4.68 Å². The Bertz CT molecular complexity index is 1330. The van der Waals surface area contributed by atoms with Crippen LogP contribution in [0.1, 0.15) is 49.4 Å². The molecule has 0 amide bonds. The number of aromatic nitrogens is 2. The molecule has 6 heteroatoms. The summed E-state index contributed by atoms with van der Waals surface area (Å²) in [7, 11) is 2.02. The first-order valence-electron chi connectivity index (χ1n) is 11.8. The van der Waals surface area contributed by atoms with E-state index in [1.165, 1.54) is 34.5 Å². The molecule has 0 aliphatic rings. The third-order valence-corrected chi connectivity index (χ3v) is 5.63. The van der Waals surface area contributed by atoms with Gasteiger partial charge < -0.3 is 9.47 Å². The number of rotatable bonds is 6. The zero-order chi connectivity index (χ0) is 26.2. The quantitative estimate of drug-likeness (QED) is 0.249. The van der Waals surface area contributed by atoms with E-state index in [4.69, 9.17) is 16.0 Å². The number of nitrogens with zero attached hydrogens (tertiary/aromatic N) is 3. The fraction of sp³-hybridized carbons (Fsp3) is 0.290. The maximum absolute atomic E-state index is 13.7. The first-order valence-corrected chi connectivity index (χ1v) is 11.8. The third-order valence-electron chi connectivity index (χ3n) is 5.63. The van der Waals surface area contributed by atoms with Crippen LogP contribution in [0.3, 0.4) is 0 Å². The second-order valence-electron chi connectivity index (χ2n) is 8.91. The summed E-state index contributed by atoms with van der Waals surface area (Å²) >= 11 is 0. The predicted octanol–water partition coefficient (Wildman–Crippen LogP) is 8.53. The fourth-order valence-electron chi connectivity index (χ4n) is 3.59. The van der Waals surface area contributed by atoms with Gasteiger partial charge in [0.2, 0.25) is 0 Å². The average molecular weight is 502 g/mol. The van der Waals surface area contributed by atoms with Gasteiger partial charge in [0.05, 0.1) is 18.4 Å². The SMILES string of the molecule is C.Cc1ccc(Cc2c(C)c(C)nn2C)cc1.[C-]#[N+]c1ccc(Oc2ccc(OC(C)C)cc2)c(F)c1. The van der Waals surface area contributed by atoms with Crippen molar-refractivity contribution >= 4 is 5.69 Å². The van der Waals surface area contributed by atoms with Crippen molar-refractivity contribution in [2.24, 2.45) is 7.05 Å². The third kappa shape index (κ3) is 8.22. The summed E-state index contributed by atoms with van der Waals surface area (Å²) in [6, 6.07) is 19.8. The highest BCUT2D eigenvalue weighted by Gasteiger charge is 2.09. The average Bonchev–Trinajstić information content (AvgIpc) is 3.09. The monoisotopic (exact) mass is 501 g/mol. The predicted molar refractivity (Wildman–Crippen MR) is 148 cm³/mol. The Kier molecular flexibility index (Phi) is 10.4. The summed E-state index contributed by atoms with van der Waals surface area (Å²) in [5.74, 6) is 0.780. The van der Waals surface area contributed by atoms with Gasteiger partial charge in [-0.25, -0.2) is 9.24 Å². The molecule has 37 heavy (non-hydrogen) atoms. The lowest BCUT2D eigenvalue weighted by Crippen LogP contribution is -2.05. The maximum atomic E-state index is 13.7. The van der Waals surface area contributed by atoms with E-state index in [0.29, 0.717) is 5.75 Å². The van der Waals surface area contributed by atoms with Crippen LogP contribution < -0.4 is 9.47 Å². The van der Waals surface area contributed by atoms with Crippen LogP contribution in [0.15, 0.2) is 66.7 Å².